The number of hydrogen-bond donors (Lipinski definition) is 2. The summed E-state index contributed by atoms with van der Waals surface area (Å²) in [5, 5.41) is 6.99. The average molecular weight is 509 g/mol. The van der Waals surface area contributed by atoms with Gasteiger partial charge in [0.25, 0.3) is 0 Å². The zero-order valence-electron chi connectivity index (χ0n) is 17.0. The summed E-state index contributed by atoms with van der Waals surface area (Å²) in [6, 6.07) is 6.67. The van der Waals surface area contributed by atoms with Crippen LogP contribution in [0.15, 0.2) is 52.5 Å². The molecular formula is C21H18Cl2N4O5S. The maximum absolute atomic E-state index is 13.1. The molecule has 1 aromatic carbocycles. The van der Waals surface area contributed by atoms with Gasteiger partial charge in [0, 0.05) is 5.02 Å². The number of carbonyl (C=O) groups excluding carboxylic acids is 4. The Bertz CT molecular complexity index is 1120. The second kappa shape index (κ2) is 9.90. The lowest BCUT2D eigenvalue weighted by molar-refractivity contribution is -0.136. The van der Waals surface area contributed by atoms with Crippen LogP contribution in [0.25, 0.3) is 0 Å². The molecule has 2 aliphatic heterocycles. The number of nitrogens with one attached hydrogen (secondary N) is 2. The van der Waals surface area contributed by atoms with Gasteiger partial charge in [-0.15, -0.1) is 11.8 Å². The molecular weight excluding hydrogens is 491 g/mol. The van der Waals surface area contributed by atoms with Crippen molar-refractivity contribution in [3.05, 3.63) is 63.9 Å². The number of furan rings is 1. The van der Waals surface area contributed by atoms with Crippen LogP contribution in [0.4, 0.5) is 10.5 Å². The highest BCUT2D eigenvalue weighted by Crippen LogP contribution is 2.34. The number of benzene rings is 1. The fourth-order valence-electron chi connectivity index (χ4n) is 3.45. The van der Waals surface area contributed by atoms with Crippen molar-refractivity contribution in [3.63, 3.8) is 0 Å². The predicted molar refractivity (Wildman–Crippen MR) is 124 cm³/mol. The van der Waals surface area contributed by atoms with Crippen LogP contribution >= 0.6 is 35.0 Å². The van der Waals surface area contributed by atoms with Crippen LogP contribution in [0.3, 0.4) is 0 Å². The van der Waals surface area contributed by atoms with E-state index in [9.17, 15) is 19.2 Å². The largest absolute Gasteiger partial charge is 0.467 e. The second-order valence-corrected chi connectivity index (χ2v) is 9.13. The molecule has 1 saturated heterocycles. The number of hydrogen-bond acceptors (Lipinski definition) is 6. The summed E-state index contributed by atoms with van der Waals surface area (Å²) >= 11 is 13.2. The number of fused-ring (bicyclic) bond motifs is 1. The molecule has 3 heterocycles. The Morgan fingerprint density at radius 3 is 2.67 bits per heavy atom. The molecule has 0 radical (unpaired) electrons. The van der Waals surface area contributed by atoms with Crippen LogP contribution in [0.1, 0.15) is 5.76 Å². The Kier molecular flexibility index (Phi) is 6.96. The van der Waals surface area contributed by atoms with Crippen molar-refractivity contribution in [2.45, 2.75) is 17.8 Å². The Hall–Kier alpha value is -2.95. The van der Waals surface area contributed by atoms with E-state index in [1.165, 1.54) is 29.0 Å². The minimum absolute atomic E-state index is 0.123. The van der Waals surface area contributed by atoms with E-state index in [1.807, 2.05) is 0 Å². The van der Waals surface area contributed by atoms with Gasteiger partial charge in [0.05, 0.1) is 29.6 Å². The number of nitrogens with zero attached hydrogens (tertiary/aromatic N) is 2. The fourth-order valence-corrected chi connectivity index (χ4v) is 4.97. The van der Waals surface area contributed by atoms with E-state index < -0.39 is 41.6 Å². The highest BCUT2D eigenvalue weighted by molar-refractivity contribution is 8.03. The van der Waals surface area contributed by atoms with Gasteiger partial charge in [-0.05, 0) is 35.7 Å². The van der Waals surface area contributed by atoms with Crippen LogP contribution in [0, 0.1) is 0 Å². The van der Waals surface area contributed by atoms with Gasteiger partial charge in [-0.2, -0.15) is 0 Å². The topological polar surface area (TPSA) is 112 Å². The molecule has 1 aromatic heterocycles. The Morgan fingerprint density at radius 2 is 1.94 bits per heavy atom. The molecule has 33 heavy (non-hydrogen) atoms. The van der Waals surface area contributed by atoms with Crippen molar-refractivity contribution in [1.82, 2.24) is 15.1 Å². The first-order chi connectivity index (χ1) is 15.8. The molecule has 2 aromatic rings. The van der Waals surface area contributed by atoms with E-state index in [-0.39, 0.29) is 18.1 Å². The van der Waals surface area contributed by atoms with Crippen molar-refractivity contribution in [1.29, 1.82) is 0 Å². The maximum atomic E-state index is 13.1. The summed E-state index contributed by atoms with van der Waals surface area (Å²) in [5.41, 5.74) is 0.341. The maximum Gasteiger partial charge on any atom is 0.328 e. The SMILES string of the molecule is O=C(CN1C(=O)C2SC=CC2N(CC(=O)Nc2ccc(Cl)cc2Cl)C1=O)NCc1ccco1. The molecule has 0 saturated carbocycles. The van der Waals surface area contributed by atoms with Crippen molar-refractivity contribution < 1.29 is 23.6 Å². The average Bonchev–Trinajstić information content (AvgIpc) is 3.47. The number of urea groups is 1. The molecule has 5 amide bonds. The monoisotopic (exact) mass is 508 g/mol. The number of amides is 5. The van der Waals surface area contributed by atoms with Gasteiger partial charge in [0.15, 0.2) is 0 Å². The molecule has 0 bridgehead atoms. The molecule has 0 spiro atoms. The van der Waals surface area contributed by atoms with Gasteiger partial charge in [-0.25, -0.2) is 4.79 Å². The zero-order valence-corrected chi connectivity index (χ0v) is 19.3. The molecule has 2 atom stereocenters. The minimum atomic E-state index is -0.723. The number of rotatable bonds is 7. The highest BCUT2D eigenvalue weighted by Gasteiger charge is 2.48. The zero-order chi connectivity index (χ0) is 23.5. The number of carbonyl (C=O) groups is 4. The van der Waals surface area contributed by atoms with E-state index in [4.69, 9.17) is 27.6 Å². The van der Waals surface area contributed by atoms with E-state index >= 15 is 0 Å². The molecule has 2 unspecified atom stereocenters. The lowest BCUT2D eigenvalue weighted by Crippen LogP contribution is -2.64. The first kappa shape index (κ1) is 23.2. The second-order valence-electron chi connectivity index (χ2n) is 7.24. The standard InChI is InChI=1S/C21H18Cl2N4O5S/c22-12-3-4-15(14(23)8-12)25-18(29)11-26-16-5-7-33-19(16)20(30)27(21(26)31)10-17(28)24-9-13-2-1-6-32-13/h1-8,16,19H,9-11H2,(H,24,28)(H,25,29). The minimum Gasteiger partial charge on any atom is -0.467 e. The molecule has 9 nitrogen and oxygen atoms in total. The lowest BCUT2D eigenvalue weighted by Gasteiger charge is -2.40. The van der Waals surface area contributed by atoms with E-state index in [1.54, 1.807) is 35.7 Å². The lowest BCUT2D eigenvalue weighted by atomic mass is 10.1. The molecule has 2 aliphatic rings. The summed E-state index contributed by atoms with van der Waals surface area (Å²) in [6.45, 7) is -0.677. The van der Waals surface area contributed by atoms with Crippen molar-refractivity contribution in [2.75, 3.05) is 18.4 Å². The van der Waals surface area contributed by atoms with Crippen molar-refractivity contribution in [3.8, 4) is 0 Å². The van der Waals surface area contributed by atoms with Gasteiger partial charge in [-0.3, -0.25) is 19.3 Å². The van der Waals surface area contributed by atoms with E-state index in [2.05, 4.69) is 10.6 Å². The van der Waals surface area contributed by atoms with Gasteiger partial charge >= 0.3 is 6.03 Å². The van der Waals surface area contributed by atoms with Gasteiger partial charge in [-0.1, -0.05) is 29.3 Å². The van der Waals surface area contributed by atoms with Crippen LogP contribution in [-0.4, -0.2) is 57.9 Å². The normalized spacial score (nSPS) is 19.6. The molecule has 2 N–H and O–H groups in total. The number of halogens is 2. The van der Waals surface area contributed by atoms with Crippen LogP contribution in [0.2, 0.25) is 10.0 Å². The Morgan fingerprint density at radius 1 is 1.12 bits per heavy atom. The number of thioether (sulfide) groups is 1. The summed E-state index contributed by atoms with van der Waals surface area (Å²) in [4.78, 5) is 53.2. The van der Waals surface area contributed by atoms with Gasteiger partial charge < -0.3 is 20.0 Å². The molecule has 4 rings (SSSR count). The Labute approximate surface area is 203 Å². The van der Waals surface area contributed by atoms with Crippen molar-refractivity contribution in [2.24, 2.45) is 0 Å². The quantitative estimate of drug-likeness (QED) is 0.594. The molecule has 1 fully saturated rings. The van der Waals surface area contributed by atoms with Crippen LogP contribution in [0.5, 0.6) is 0 Å². The smallest absolute Gasteiger partial charge is 0.328 e. The highest BCUT2D eigenvalue weighted by atomic mass is 35.5. The first-order valence-electron chi connectivity index (χ1n) is 9.81. The third-order valence-corrected chi connectivity index (χ3v) is 6.65. The third kappa shape index (κ3) is 5.18. The fraction of sp³-hybridized carbons (Fsp3) is 0.238. The molecule has 0 aliphatic carbocycles. The molecule has 12 heteroatoms. The first-order valence-corrected chi connectivity index (χ1v) is 11.5. The summed E-state index contributed by atoms with van der Waals surface area (Å²) in [7, 11) is 0. The van der Waals surface area contributed by atoms with Gasteiger partial charge in [0.1, 0.15) is 24.1 Å². The van der Waals surface area contributed by atoms with E-state index in [0.717, 1.165) is 4.90 Å². The van der Waals surface area contributed by atoms with Crippen LogP contribution < -0.4 is 10.6 Å². The molecule has 172 valence electrons. The number of anilines is 1. The summed E-state index contributed by atoms with van der Waals surface area (Å²) in [5.74, 6) is -0.979. The summed E-state index contributed by atoms with van der Waals surface area (Å²) in [6.07, 6.45) is 3.17. The summed E-state index contributed by atoms with van der Waals surface area (Å²) < 4.78 is 5.15. The number of imide groups is 1. The third-order valence-electron chi connectivity index (χ3n) is 5.02. The van der Waals surface area contributed by atoms with Crippen molar-refractivity contribution >= 4 is 64.4 Å². The predicted octanol–water partition coefficient (Wildman–Crippen LogP) is 3.10. The van der Waals surface area contributed by atoms with Gasteiger partial charge in [0.2, 0.25) is 17.7 Å². The Balaban J connectivity index is 1.44. The van der Waals surface area contributed by atoms with E-state index in [0.29, 0.717) is 16.5 Å². The van der Waals surface area contributed by atoms with Crippen LogP contribution in [-0.2, 0) is 20.9 Å².